The number of nitriles is 1. The van der Waals surface area contributed by atoms with E-state index in [9.17, 15) is 19.8 Å². The zero-order valence-electron chi connectivity index (χ0n) is 10.5. The molecule has 1 aromatic rings. The Balaban J connectivity index is 0.00000180. The molecule has 1 unspecified atom stereocenters. The van der Waals surface area contributed by atoms with Crippen molar-refractivity contribution in [1.29, 1.82) is 5.26 Å². The van der Waals surface area contributed by atoms with E-state index in [0.717, 1.165) is 0 Å². The molecule has 0 saturated carbocycles. The number of carboxylic acids is 1. The van der Waals surface area contributed by atoms with Crippen molar-refractivity contribution in [3.63, 3.8) is 0 Å². The standard InChI is InChI=1S/C12H10N2O4.Na/c1-6-7(10(15)16)2-3-8-9(6)14-11(17)12(8,18)4-5-13;/h2-3,18H,4H2,1H3,(H,14,17)(H,15,16);/q;+1/p-1. The normalized spacial score (nSPS) is 19.9. The van der Waals surface area contributed by atoms with Crippen molar-refractivity contribution in [3.05, 3.63) is 28.8 Å². The Hall–Kier alpha value is -1.39. The van der Waals surface area contributed by atoms with E-state index in [1.54, 1.807) is 6.07 Å². The second-order valence-electron chi connectivity index (χ2n) is 4.10. The van der Waals surface area contributed by atoms with Gasteiger partial charge in [0.2, 0.25) is 0 Å². The van der Waals surface area contributed by atoms with Crippen molar-refractivity contribution >= 4 is 17.6 Å². The molecule has 1 amide bonds. The van der Waals surface area contributed by atoms with Gasteiger partial charge in [-0.15, -0.1) is 0 Å². The molecule has 19 heavy (non-hydrogen) atoms. The number of amides is 1. The number of hydrogen-bond donors (Lipinski definition) is 2. The molecule has 1 atom stereocenters. The number of fused-ring (bicyclic) bond motifs is 1. The molecule has 1 heterocycles. The van der Waals surface area contributed by atoms with Crippen LogP contribution in [0.3, 0.4) is 0 Å². The summed E-state index contributed by atoms with van der Waals surface area (Å²) in [6.07, 6.45) is -0.393. The van der Waals surface area contributed by atoms with Crippen LogP contribution in [-0.2, 0) is 10.4 Å². The molecular weight excluding hydrogens is 259 g/mol. The molecule has 0 saturated heterocycles. The molecule has 0 spiro atoms. The summed E-state index contributed by atoms with van der Waals surface area (Å²) in [5.74, 6) is -2.09. The first-order valence-electron chi connectivity index (χ1n) is 5.18. The van der Waals surface area contributed by atoms with Crippen molar-refractivity contribution < 1.29 is 49.4 Å². The minimum Gasteiger partial charge on any atom is -0.545 e. The molecule has 1 aromatic carbocycles. The van der Waals surface area contributed by atoms with Crippen molar-refractivity contribution in [2.24, 2.45) is 0 Å². The van der Waals surface area contributed by atoms with Crippen LogP contribution in [-0.4, -0.2) is 17.0 Å². The summed E-state index contributed by atoms with van der Waals surface area (Å²) in [4.78, 5) is 22.6. The number of hydrogen-bond acceptors (Lipinski definition) is 5. The van der Waals surface area contributed by atoms with Crippen LogP contribution in [0.25, 0.3) is 0 Å². The van der Waals surface area contributed by atoms with Gasteiger partial charge in [0, 0.05) is 11.1 Å². The molecule has 7 heteroatoms. The summed E-state index contributed by atoms with van der Waals surface area (Å²) in [6, 6.07) is 4.32. The van der Waals surface area contributed by atoms with Crippen LogP contribution >= 0.6 is 0 Å². The van der Waals surface area contributed by atoms with E-state index >= 15 is 0 Å². The number of benzene rings is 1. The van der Waals surface area contributed by atoms with Gasteiger partial charge in [0.05, 0.1) is 24.1 Å². The largest absolute Gasteiger partial charge is 1.00 e. The smallest absolute Gasteiger partial charge is 0.545 e. The third-order valence-electron chi connectivity index (χ3n) is 3.08. The van der Waals surface area contributed by atoms with Gasteiger partial charge in [-0.2, -0.15) is 5.26 Å². The first kappa shape index (κ1) is 15.7. The summed E-state index contributed by atoms with van der Waals surface area (Å²) in [7, 11) is 0. The molecule has 0 aliphatic carbocycles. The van der Waals surface area contributed by atoms with Crippen LogP contribution in [0.4, 0.5) is 5.69 Å². The average molecular weight is 268 g/mol. The number of aromatic carboxylic acids is 1. The summed E-state index contributed by atoms with van der Waals surface area (Å²) >= 11 is 0. The topological polar surface area (TPSA) is 113 Å². The van der Waals surface area contributed by atoms with E-state index in [4.69, 9.17) is 5.26 Å². The average Bonchev–Trinajstić information content (AvgIpc) is 2.54. The SMILES string of the molecule is Cc1c(C(=O)[O-])ccc2c1NC(=O)C2(O)CC#N.[Na+]. The number of aliphatic hydroxyl groups is 1. The summed E-state index contributed by atoms with van der Waals surface area (Å²) in [6.45, 7) is 1.50. The van der Waals surface area contributed by atoms with E-state index in [-0.39, 0.29) is 46.4 Å². The quantitative estimate of drug-likeness (QED) is 0.538. The summed E-state index contributed by atoms with van der Waals surface area (Å²) in [5.41, 5.74) is -1.22. The Kier molecular flexibility index (Phi) is 4.38. The predicted octanol–water partition coefficient (Wildman–Crippen LogP) is -3.58. The Bertz CT molecular complexity index is 608. The predicted molar refractivity (Wildman–Crippen MR) is 58.3 cm³/mol. The Morgan fingerprint density at radius 3 is 2.74 bits per heavy atom. The number of carbonyl (C=O) groups is 2. The van der Waals surface area contributed by atoms with Crippen molar-refractivity contribution in [2.75, 3.05) is 5.32 Å². The van der Waals surface area contributed by atoms with Crippen LogP contribution in [0.5, 0.6) is 0 Å². The minimum absolute atomic E-state index is 0. The van der Waals surface area contributed by atoms with Gasteiger partial charge in [0.25, 0.3) is 5.91 Å². The fraction of sp³-hybridized carbons (Fsp3) is 0.250. The first-order valence-corrected chi connectivity index (χ1v) is 5.18. The van der Waals surface area contributed by atoms with Gasteiger partial charge in [-0.1, -0.05) is 12.1 Å². The minimum atomic E-state index is -1.92. The van der Waals surface area contributed by atoms with E-state index in [2.05, 4.69) is 5.32 Å². The second-order valence-corrected chi connectivity index (χ2v) is 4.10. The number of anilines is 1. The van der Waals surface area contributed by atoms with Crippen LogP contribution in [0.2, 0.25) is 0 Å². The zero-order chi connectivity index (χ0) is 13.5. The van der Waals surface area contributed by atoms with Gasteiger partial charge < -0.3 is 20.3 Å². The summed E-state index contributed by atoms with van der Waals surface area (Å²) < 4.78 is 0. The number of nitrogens with zero attached hydrogens (tertiary/aromatic N) is 1. The fourth-order valence-corrected chi connectivity index (χ4v) is 2.07. The van der Waals surface area contributed by atoms with E-state index in [1.807, 2.05) is 0 Å². The molecule has 1 aliphatic heterocycles. The maximum atomic E-state index is 11.7. The fourth-order valence-electron chi connectivity index (χ4n) is 2.07. The molecule has 92 valence electrons. The zero-order valence-corrected chi connectivity index (χ0v) is 12.5. The van der Waals surface area contributed by atoms with Crippen LogP contribution < -0.4 is 40.0 Å². The van der Waals surface area contributed by atoms with Crippen molar-refractivity contribution in [1.82, 2.24) is 0 Å². The van der Waals surface area contributed by atoms with Gasteiger partial charge in [0.1, 0.15) is 0 Å². The molecule has 0 aromatic heterocycles. The molecule has 6 nitrogen and oxygen atoms in total. The Labute approximate surface area is 131 Å². The number of carboxylic acid groups (broad SMARTS) is 1. The Morgan fingerprint density at radius 1 is 1.58 bits per heavy atom. The van der Waals surface area contributed by atoms with E-state index < -0.39 is 23.9 Å². The summed E-state index contributed by atoms with van der Waals surface area (Å²) in [5, 5.41) is 32.1. The van der Waals surface area contributed by atoms with Gasteiger partial charge >= 0.3 is 29.6 Å². The van der Waals surface area contributed by atoms with Gasteiger partial charge in [-0.25, -0.2) is 0 Å². The molecule has 0 radical (unpaired) electrons. The molecule has 0 fully saturated rings. The maximum absolute atomic E-state index is 11.7. The van der Waals surface area contributed by atoms with Gasteiger partial charge in [0.15, 0.2) is 5.60 Å². The molecule has 2 N–H and O–H groups in total. The Morgan fingerprint density at radius 2 is 2.21 bits per heavy atom. The number of rotatable bonds is 2. The van der Waals surface area contributed by atoms with Crippen LogP contribution in [0.15, 0.2) is 12.1 Å². The van der Waals surface area contributed by atoms with Crippen LogP contribution in [0, 0.1) is 18.3 Å². The number of nitrogens with one attached hydrogen (secondary N) is 1. The van der Waals surface area contributed by atoms with Gasteiger partial charge in [-0.3, -0.25) is 4.79 Å². The molecular formula is C12H9N2NaO4. The monoisotopic (exact) mass is 268 g/mol. The van der Waals surface area contributed by atoms with E-state index in [0.29, 0.717) is 5.56 Å². The van der Waals surface area contributed by atoms with Crippen molar-refractivity contribution in [2.45, 2.75) is 18.9 Å². The van der Waals surface area contributed by atoms with Crippen molar-refractivity contribution in [3.8, 4) is 6.07 Å². The first-order chi connectivity index (χ1) is 8.41. The van der Waals surface area contributed by atoms with E-state index in [1.165, 1.54) is 19.1 Å². The maximum Gasteiger partial charge on any atom is 1.00 e. The third kappa shape index (κ3) is 2.26. The number of carbonyl (C=O) groups excluding carboxylic acids is 2. The molecule has 2 rings (SSSR count). The van der Waals surface area contributed by atoms with Crippen LogP contribution in [0.1, 0.15) is 27.9 Å². The third-order valence-corrected chi connectivity index (χ3v) is 3.08. The molecule has 0 bridgehead atoms. The second kappa shape index (κ2) is 5.31. The van der Waals surface area contributed by atoms with Gasteiger partial charge in [-0.05, 0) is 12.5 Å². The molecule has 1 aliphatic rings.